The lowest BCUT2D eigenvalue weighted by Crippen LogP contribution is -2.34. The van der Waals surface area contributed by atoms with Crippen molar-refractivity contribution >= 4 is 27.5 Å². The van der Waals surface area contributed by atoms with Gasteiger partial charge in [0.15, 0.2) is 0 Å². The molecule has 0 bridgehead atoms. The van der Waals surface area contributed by atoms with E-state index in [1.807, 2.05) is 13.8 Å². The quantitative estimate of drug-likeness (QED) is 0.531. The van der Waals surface area contributed by atoms with Gasteiger partial charge in [0, 0.05) is 17.3 Å². The molecule has 9 heteroatoms. The maximum Gasteiger partial charge on any atom is 0.263 e. The summed E-state index contributed by atoms with van der Waals surface area (Å²) in [7, 11) is -3.70. The SMILES string of the molecule is CC(C)[C@H](N=C1NS(=O)(=O)c2ccccc21)C(=O)Nc1cccc(OCc2ccc(F)cc2)c1. The van der Waals surface area contributed by atoms with E-state index in [2.05, 4.69) is 15.0 Å². The van der Waals surface area contributed by atoms with Crippen LogP contribution in [0.2, 0.25) is 0 Å². The molecule has 34 heavy (non-hydrogen) atoms. The van der Waals surface area contributed by atoms with Crippen molar-refractivity contribution in [1.82, 2.24) is 4.72 Å². The molecule has 1 atom stereocenters. The van der Waals surface area contributed by atoms with Gasteiger partial charge >= 0.3 is 0 Å². The van der Waals surface area contributed by atoms with Gasteiger partial charge in [-0.1, -0.05) is 44.2 Å². The second-order valence-electron chi connectivity index (χ2n) is 8.20. The molecule has 2 N–H and O–H groups in total. The second kappa shape index (κ2) is 9.64. The van der Waals surface area contributed by atoms with Crippen LogP contribution in [-0.2, 0) is 21.4 Å². The summed E-state index contributed by atoms with van der Waals surface area (Å²) in [5.41, 5.74) is 1.77. The number of carbonyl (C=O) groups excluding carboxylic acids is 1. The van der Waals surface area contributed by atoms with Crippen molar-refractivity contribution in [3.63, 3.8) is 0 Å². The van der Waals surface area contributed by atoms with Crippen LogP contribution < -0.4 is 14.8 Å². The zero-order valence-electron chi connectivity index (χ0n) is 18.7. The zero-order chi connectivity index (χ0) is 24.3. The minimum absolute atomic E-state index is 0.141. The van der Waals surface area contributed by atoms with Crippen molar-refractivity contribution in [2.24, 2.45) is 10.9 Å². The first-order chi connectivity index (χ1) is 16.2. The van der Waals surface area contributed by atoms with Gasteiger partial charge < -0.3 is 10.1 Å². The highest BCUT2D eigenvalue weighted by Crippen LogP contribution is 2.24. The minimum Gasteiger partial charge on any atom is -0.489 e. The molecule has 0 radical (unpaired) electrons. The smallest absolute Gasteiger partial charge is 0.263 e. The Morgan fingerprint density at radius 3 is 2.53 bits per heavy atom. The fraction of sp³-hybridized carbons (Fsp3) is 0.200. The molecular weight excluding hydrogens is 457 g/mol. The van der Waals surface area contributed by atoms with Crippen LogP contribution in [0.4, 0.5) is 10.1 Å². The molecule has 0 saturated carbocycles. The maximum atomic E-state index is 13.1. The number of nitrogens with zero attached hydrogens (tertiary/aromatic N) is 1. The lowest BCUT2D eigenvalue weighted by molar-refractivity contribution is -0.118. The van der Waals surface area contributed by atoms with E-state index in [0.29, 0.717) is 17.0 Å². The number of carbonyl (C=O) groups is 1. The molecule has 0 saturated heterocycles. The molecule has 0 fully saturated rings. The topological polar surface area (TPSA) is 96.9 Å². The molecule has 3 aromatic carbocycles. The molecule has 1 amide bonds. The molecule has 0 spiro atoms. The second-order valence-corrected chi connectivity index (χ2v) is 9.85. The summed E-state index contributed by atoms with van der Waals surface area (Å²) in [5.74, 6) is -0.192. The monoisotopic (exact) mass is 481 g/mol. The Bertz CT molecular complexity index is 1340. The Labute approximate surface area is 197 Å². The van der Waals surface area contributed by atoms with E-state index < -0.39 is 16.1 Å². The third-order valence-corrected chi connectivity index (χ3v) is 6.65. The van der Waals surface area contributed by atoms with E-state index in [1.165, 1.54) is 18.2 Å². The third kappa shape index (κ3) is 5.26. The van der Waals surface area contributed by atoms with Gasteiger partial charge in [-0.15, -0.1) is 0 Å². The van der Waals surface area contributed by atoms with Crippen molar-refractivity contribution < 1.29 is 22.3 Å². The van der Waals surface area contributed by atoms with Gasteiger partial charge in [-0.25, -0.2) is 12.8 Å². The van der Waals surface area contributed by atoms with Crippen molar-refractivity contribution in [3.05, 3.63) is 89.7 Å². The fourth-order valence-electron chi connectivity index (χ4n) is 3.51. The number of benzene rings is 3. The van der Waals surface area contributed by atoms with Crippen molar-refractivity contribution in [1.29, 1.82) is 0 Å². The van der Waals surface area contributed by atoms with Crippen LogP contribution in [0.5, 0.6) is 5.75 Å². The van der Waals surface area contributed by atoms with Crippen LogP contribution in [0.1, 0.15) is 25.0 Å². The number of ether oxygens (including phenoxy) is 1. The summed E-state index contributed by atoms with van der Waals surface area (Å²) >= 11 is 0. The summed E-state index contributed by atoms with van der Waals surface area (Å²) in [6.07, 6.45) is 0. The van der Waals surface area contributed by atoms with Crippen molar-refractivity contribution in [2.45, 2.75) is 31.4 Å². The number of amides is 1. The molecule has 0 unspecified atom stereocenters. The molecule has 0 aliphatic carbocycles. The summed E-state index contributed by atoms with van der Waals surface area (Å²) in [6.45, 7) is 3.93. The van der Waals surface area contributed by atoms with Gasteiger partial charge in [-0.3, -0.25) is 14.5 Å². The number of fused-ring (bicyclic) bond motifs is 1. The molecule has 7 nitrogen and oxygen atoms in total. The van der Waals surface area contributed by atoms with Gasteiger partial charge in [0.25, 0.3) is 10.0 Å². The fourth-order valence-corrected chi connectivity index (χ4v) is 4.75. The van der Waals surface area contributed by atoms with Crippen LogP contribution in [0.25, 0.3) is 0 Å². The largest absolute Gasteiger partial charge is 0.489 e. The average molecular weight is 482 g/mol. The number of amidine groups is 1. The van der Waals surface area contributed by atoms with Crippen LogP contribution in [0, 0.1) is 11.7 Å². The lowest BCUT2D eigenvalue weighted by atomic mass is 10.0. The number of aliphatic imine (C=N–C) groups is 1. The van der Waals surface area contributed by atoms with Crippen molar-refractivity contribution in [3.8, 4) is 5.75 Å². The van der Waals surface area contributed by atoms with E-state index >= 15 is 0 Å². The molecule has 1 aliphatic rings. The Kier molecular flexibility index (Phi) is 6.65. The highest BCUT2D eigenvalue weighted by atomic mass is 32.2. The van der Waals surface area contributed by atoms with Gasteiger partial charge in [-0.2, -0.15) is 0 Å². The molecule has 1 aliphatic heterocycles. The summed E-state index contributed by atoms with van der Waals surface area (Å²) in [6, 6.07) is 18.6. The molecule has 176 valence electrons. The van der Waals surface area contributed by atoms with Crippen LogP contribution in [0.15, 0.2) is 82.7 Å². The van der Waals surface area contributed by atoms with E-state index in [9.17, 15) is 17.6 Å². The first-order valence-electron chi connectivity index (χ1n) is 10.7. The van der Waals surface area contributed by atoms with E-state index in [1.54, 1.807) is 54.6 Å². The van der Waals surface area contributed by atoms with Crippen LogP contribution in [0.3, 0.4) is 0 Å². The van der Waals surface area contributed by atoms with Gasteiger partial charge in [0.2, 0.25) is 5.91 Å². The number of hydrogen-bond donors (Lipinski definition) is 2. The number of sulfonamides is 1. The van der Waals surface area contributed by atoms with E-state index in [4.69, 9.17) is 4.74 Å². The minimum atomic E-state index is -3.70. The van der Waals surface area contributed by atoms with E-state index in [0.717, 1.165) is 5.56 Å². The summed E-state index contributed by atoms with van der Waals surface area (Å²) in [4.78, 5) is 17.7. The first-order valence-corrected chi connectivity index (χ1v) is 12.2. The van der Waals surface area contributed by atoms with Crippen LogP contribution in [-0.4, -0.2) is 26.2 Å². The van der Waals surface area contributed by atoms with Gasteiger partial charge in [0.05, 0.1) is 4.90 Å². The standard InChI is InChI=1S/C25H24FN3O4S/c1-16(2)23(28-24-21-8-3-4-9-22(21)34(31,32)29-24)25(30)27-19-6-5-7-20(14-19)33-15-17-10-12-18(26)13-11-17/h3-14,16,23H,15H2,1-2H3,(H,27,30)(H,28,29)/t23-/m0/s1. The zero-order valence-corrected chi connectivity index (χ0v) is 19.5. The Balaban J connectivity index is 1.49. The Morgan fingerprint density at radius 2 is 1.79 bits per heavy atom. The Hall–Kier alpha value is -3.72. The lowest BCUT2D eigenvalue weighted by Gasteiger charge is -2.18. The molecule has 3 aromatic rings. The predicted molar refractivity (Wildman–Crippen MR) is 128 cm³/mol. The number of anilines is 1. The molecule has 0 aromatic heterocycles. The summed E-state index contributed by atoms with van der Waals surface area (Å²) < 4.78 is 46.0. The van der Waals surface area contributed by atoms with Crippen molar-refractivity contribution in [2.75, 3.05) is 5.32 Å². The predicted octanol–water partition coefficient (Wildman–Crippen LogP) is 4.11. The highest BCUT2D eigenvalue weighted by molar-refractivity contribution is 7.90. The highest BCUT2D eigenvalue weighted by Gasteiger charge is 2.32. The summed E-state index contributed by atoms with van der Waals surface area (Å²) in [5, 5.41) is 2.84. The maximum absolute atomic E-state index is 13.1. The molecular formula is C25H24FN3O4S. The third-order valence-electron chi connectivity index (χ3n) is 5.25. The first kappa shape index (κ1) is 23.4. The number of rotatable bonds is 7. The molecule has 4 rings (SSSR count). The number of halogens is 1. The van der Waals surface area contributed by atoms with E-state index in [-0.39, 0.29) is 35.0 Å². The van der Waals surface area contributed by atoms with Crippen LogP contribution >= 0.6 is 0 Å². The normalized spacial score (nSPS) is 16.1. The van der Waals surface area contributed by atoms with Gasteiger partial charge in [-0.05, 0) is 47.9 Å². The molecule has 1 heterocycles. The average Bonchev–Trinajstić information content (AvgIpc) is 3.07. The number of hydrogen-bond acceptors (Lipinski definition) is 5. The van der Waals surface area contributed by atoms with Gasteiger partial charge in [0.1, 0.15) is 30.1 Å². The Morgan fingerprint density at radius 1 is 1.06 bits per heavy atom. The number of nitrogens with one attached hydrogen (secondary N) is 2.